The molecule has 0 radical (unpaired) electrons. The molecule has 6 heteroatoms. The van der Waals surface area contributed by atoms with E-state index in [1.54, 1.807) is 17.6 Å². The van der Waals surface area contributed by atoms with Gasteiger partial charge in [-0.15, -0.1) is 11.3 Å². The maximum absolute atomic E-state index is 12.3. The van der Waals surface area contributed by atoms with Crippen molar-refractivity contribution in [2.24, 2.45) is 0 Å². The molecule has 0 spiro atoms. The van der Waals surface area contributed by atoms with Gasteiger partial charge in [-0.2, -0.15) is 0 Å². The number of amides is 2. The molecular weight excluding hydrogens is 358 g/mol. The minimum absolute atomic E-state index is 0.106. The summed E-state index contributed by atoms with van der Waals surface area (Å²) in [4.78, 5) is 14.6. The molecule has 3 aromatic rings. The molecule has 0 bridgehead atoms. The number of benzene rings is 1. The highest BCUT2D eigenvalue weighted by atomic mass is 32.1. The maximum Gasteiger partial charge on any atom is 0.314 e. The summed E-state index contributed by atoms with van der Waals surface area (Å²) in [5.41, 5.74) is 1.29. The zero-order valence-electron chi connectivity index (χ0n) is 15.3. The van der Waals surface area contributed by atoms with Crippen LogP contribution in [0.4, 0.5) is 4.79 Å². The first-order valence-electron chi connectivity index (χ1n) is 9.55. The van der Waals surface area contributed by atoms with Gasteiger partial charge in [0.1, 0.15) is 5.76 Å². The second kappa shape index (κ2) is 8.59. The van der Waals surface area contributed by atoms with Crippen LogP contribution in [0, 0.1) is 0 Å². The van der Waals surface area contributed by atoms with Gasteiger partial charge in [0.25, 0.3) is 0 Å². The van der Waals surface area contributed by atoms with Crippen LogP contribution in [0.25, 0.3) is 10.1 Å². The number of carbonyl (C=O) groups excluding carboxylic acids is 1. The van der Waals surface area contributed by atoms with E-state index in [0.29, 0.717) is 13.1 Å². The van der Waals surface area contributed by atoms with Gasteiger partial charge in [-0.05, 0) is 66.9 Å². The largest absolute Gasteiger partial charge is 0.468 e. The third-order valence-electron chi connectivity index (χ3n) is 5.15. The Balaban J connectivity index is 1.27. The van der Waals surface area contributed by atoms with Crippen molar-refractivity contribution in [1.29, 1.82) is 0 Å². The predicted molar refractivity (Wildman–Crippen MR) is 109 cm³/mol. The highest BCUT2D eigenvalue weighted by molar-refractivity contribution is 7.17. The van der Waals surface area contributed by atoms with Crippen LogP contribution in [-0.2, 0) is 6.42 Å². The van der Waals surface area contributed by atoms with Crippen molar-refractivity contribution in [2.75, 3.05) is 26.2 Å². The Hall–Kier alpha value is -2.31. The Bertz CT molecular complexity index is 869. The Labute approximate surface area is 163 Å². The fraction of sp³-hybridized carbons (Fsp3) is 0.381. The molecule has 2 aromatic heterocycles. The number of thiophene rings is 1. The van der Waals surface area contributed by atoms with Crippen molar-refractivity contribution in [2.45, 2.75) is 25.3 Å². The van der Waals surface area contributed by atoms with Gasteiger partial charge in [-0.25, -0.2) is 4.79 Å². The van der Waals surface area contributed by atoms with Gasteiger partial charge >= 0.3 is 6.03 Å². The number of rotatable bonds is 7. The Morgan fingerprint density at radius 1 is 1.15 bits per heavy atom. The quantitative estimate of drug-likeness (QED) is 0.644. The average molecular weight is 384 g/mol. The SMILES string of the molecule is O=C(NCCc1csc2ccccc12)NCC(c1ccco1)N1CCCC1. The first-order valence-corrected chi connectivity index (χ1v) is 10.4. The van der Waals surface area contributed by atoms with E-state index in [9.17, 15) is 4.79 Å². The molecule has 1 atom stereocenters. The van der Waals surface area contributed by atoms with E-state index in [1.165, 1.54) is 28.5 Å². The van der Waals surface area contributed by atoms with Crippen LogP contribution in [0.3, 0.4) is 0 Å². The van der Waals surface area contributed by atoms with E-state index in [1.807, 2.05) is 12.1 Å². The summed E-state index contributed by atoms with van der Waals surface area (Å²) in [5.74, 6) is 0.918. The monoisotopic (exact) mass is 383 g/mol. The van der Waals surface area contributed by atoms with Gasteiger partial charge in [0.2, 0.25) is 0 Å². The molecule has 1 aliphatic heterocycles. The molecule has 2 amide bonds. The lowest BCUT2D eigenvalue weighted by molar-refractivity contribution is 0.203. The van der Waals surface area contributed by atoms with Gasteiger partial charge in [0.15, 0.2) is 0 Å². The molecule has 1 unspecified atom stereocenters. The summed E-state index contributed by atoms with van der Waals surface area (Å²) >= 11 is 1.76. The highest BCUT2D eigenvalue weighted by Crippen LogP contribution is 2.26. The van der Waals surface area contributed by atoms with Crippen LogP contribution in [-0.4, -0.2) is 37.1 Å². The van der Waals surface area contributed by atoms with Gasteiger partial charge < -0.3 is 15.1 Å². The normalized spacial score (nSPS) is 15.9. The molecule has 3 heterocycles. The number of hydrogen-bond acceptors (Lipinski definition) is 4. The topological polar surface area (TPSA) is 57.5 Å². The highest BCUT2D eigenvalue weighted by Gasteiger charge is 2.25. The molecule has 2 N–H and O–H groups in total. The van der Waals surface area contributed by atoms with E-state index >= 15 is 0 Å². The molecule has 1 saturated heterocycles. The summed E-state index contributed by atoms with van der Waals surface area (Å²) < 4.78 is 6.89. The fourth-order valence-electron chi connectivity index (χ4n) is 3.73. The van der Waals surface area contributed by atoms with Crippen LogP contribution < -0.4 is 10.6 Å². The number of hydrogen-bond donors (Lipinski definition) is 2. The molecule has 27 heavy (non-hydrogen) atoms. The zero-order valence-corrected chi connectivity index (χ0v) is 16.1. The number of fused-ring (bicyclic) bond motifs is 1. The molecule has 1 fully saturated rings. The van der Waals surface area contributed by atoms with Crippen LogP contribution in [0.2, 0.25) is 0 Å². The van der Waals surface area contributed by atoms with Gasteiger partial charge in [-0.1, -0.05) is 18.2 Å². The number of nitrogens with one attached hydrogen (secondary N) is 2. The predicted octanol–water partition coefficient (Wildman–Crippen LogP) is 4.17. The summed E-state index contributed by atoms with van der Waals surface area (Å²) in [5, 5.41) is 9.47. The number of nitrogens with zero attached hydrogens (tertiary/aromatic N) is 1. The van der Waals surface area contributed by atoms with Crippen molar-refractivity contribution in [3.05, 3.63) is 59.4 Å². The van der Waals surface area contributed by atoms with Gasteiger partial charge in [0, 0.05) is 17.8 Å². The molecule has 1 aliphatic rings. The first-order chi connectivity index (χ1) is 13.3. The lowest BCUT2D eigenvalue weighted by Crippen LogP contribution is -2.42. The van der Waals surface area contributed by atoms with Crippen molar-refractivity contribution >= 4 is 27.5 Å². The second-order valence-electron chi connectivity index (χ2n) is 6.92. The van der Waals surface area contributed by atoms with Gasteiger partial charge in [0.05, 0.1) is 12.3 Å². The van der Waals surface area contributed by atoms with E-state index in [4.69, 9.17) is 4.42 Å². The van der Waals surface area contributed by atoms with Crippen molar-refractivity contribution in [3.63, 3.8) is 0 Å². The lowest BCUT2D eigenvalue weighted by Gasteiger charge is -2.26. The Morgan fingerprint density at radius 2 is 2.00 bits per heavy atom. The number of likely N-dealkylation sites (tertiary alicyclic amines) is 1. The van der Waals surface area contributed by atoms with E-state index in [2.05, 4.69) is 45.2 Å². The number of furan rings is 1. The summed E-state index contributed by atoms with van der Waals surface area (Å²) in [6, 6.07) is 12.3. The van der Waals surface area contributed by atoms with E-state index < -0.39 is 0 Å². The fourth-order valence-corrected chi connectivity index (χ4v) is 4.73. The smallest absolute Gasteiger partial charge is 0.314 e. The summed E-state index contributed by atoms with van der Waals surface area (Å²) in [7, 11) is 0. The third kappa shape index (κ3) is 4.34. The molecule has 5 nitrogen and oxygen atoms in total. The zero-order chi connectivity index (χ0) is 18.5. The van der Waals surface area contributed by atoms with E-state index in [-0.39, 0.29) is 12.1 Å². The first kappa shape index (κ1) is 18.1. The van der Waals surface area contributed by atoms with Crippen LogP contribution in [0.1, 0.15) is 30.2 Å². The Kier molecular flexibility index (Phi) is 5.75. The molecule has 1 aromatic carbocycles. The molecule has 0 saturated carbocycles. The van der Waals surface area contributed by atoms with Crippen molar-refractivity contribution in [1.82, 2.24) is 15.5 Å². The van der Waals surface area contributed by atoms with Gasteiger partial charge in [-0.3, -0.25) is 4.90 Å². The number of urea groups is 1. The van der Waals surface area contributed by atoms with Crippen LogP contribution >= 0.6 is 11.3 Å². The lowest BCUT2D eigenvalue weighted by atomic mass is 10.1. The maximum atomic E-state index is 12.3. The number of carbonyl (C=O) groups is 1. The third-order valence-corrected chi connectivity index (χ3v) is 6.16. The van der Waals surface area contributed by atoms with Crippen molar-refractivity contribution < 1.29 is 9.21 Å². The summed E-state index contributed by atoms with van der Waals surface area (Å²) in [6.07, 6.45) is 4.95. The molecular formula is C21H25N3O2S. The van der Waals surface area contributed by atoms with E-state index in [0.717, 1.165) is 25.3 Å². The average Bonchev–Trinajstić information content (AvgIpc) is 3.45. The Morgan fingerprint density at radius 3 is 2.81 bits per heavy atom. The molecule has 4 rings (SSSR count). The van der Waals surface area contributed by atoms with Crippen LogP contribution in [0.5, 0.6) is 0 Å². The standard InChI is InChI=1S/C21H25N3O2S/c25-21(22-10-9-16-15-27-20-8-2-1-6-17(16)20)23-14-18(19-7-5-13-26-19)24-11-3-4-12-24/h1-2,5-8,13,15,18H,3-4,9-12,14H2,(H2,22,23,25). The minimum Gasteiger partial charge on any atom is -0.468 e. The summed E-state index contributed by atoms with van der Waals surface area (Å²) in [6.45, 7) is 3.29. The minimum atomic E-state index is -0.120. The molecule has 142 valence electrons. The second-order valence-corrected chi connectivity index (χ2v) is 7.83. The van der Waals surface area contributed by atoms with Crippen molar-refractivity contribution in [3.8, 4) is 0 Å². The molecule has 0 aliphatic carbocycles. The van der Waals surface area contributed by atoms with Crippen LogP contribution in [0.15, 0.2) is 52.5 Å².